The first-order chi connectivity index (χ1) is 9.20. The van der Waals surface area contributed by atoms with Crippen LogP contribution in [0.4, 0.5) is 0 Å². The second-order valence-corrected chi connectivity index (χ2v) is 5.58. The van der Waals surface area contributed by atoms with Crippen molar-refractivity contribution in [3.05, 3.63) is 28.0 Å². The molecule has 0 spiro atoms. The van der Waals surface area contributed by atoms with Crippen LogP contribution in [0.3, 0.4) is 0 Å². The lowest BCUT2D eigenvalue weighted by Crippen LogP contribution is -2.26. The molecule has 1 aromatic rings. The van der Waals surface area contributed by atoms with Crippen molar-refractivity contribution in [2.75, 3.05) is 6.54 Å². The van der Waals surface area contributed by atoms with Crippen LogP contribution >= 0.6 is 11.3 Å². The summed E-state index contributed by atoms with van der Waals surface area (Å²) < 4.78 is 0. The predicted octanol–water partition coefficient (Wildman–Crippen LogP) is 2.72. The van der Waals surface area contributed by atoms with E-state index in [0.29, 0.717) is 12.5 Å². The molecule has 0 bridgehead atoms. The summed E-state index contributed by atoms with van der Waals surface area (Å²) in [5.41, 5.74) is 0.968. The molecule has 4 nitrogen and oxygen atoms in total. The summed E-state index contributed by atoms with van der Waals surface area (Å²) in [7, 11) is 0. The second kappa shape index (κ2) is 6.50. The molecule has 0 aromatic carbocycles. The van der Waals surface area contributed by atoms with Gasteiger partial charge in [-0.3, -0.25) is 4.90 Å². The number of carboxylic acids is 1. The van der Waals surface area contributed by atoms with Crippen LogP contribution in [0.15, 0.2) is 17.5 Å². The smallest absolute Gasteiger partial charge is 0.328 e. The lowest BCUT2D eigenvalue weighted by Gasteiger charge is -2.20. The fourth-order valence-corrected chi connectivity index (χ4v) is 2.89. The first-order valence-electron chi connectivity index (χ1n) is 6.29. The number of rotatable bonds is 7. The fourth-order valence-electron chi connectivity index (χ4n) is 2.00. The van der Waals surface area contributed by atoms with E-state index in [1.165, 1.54) is 23.8 Å². The van der Waals surface area contributed by atoms with Gasteiger partial charge in [-0.25, -0.2) is 4.79 Å². The zero-order valence-electron chi connectivity index (χ0n) is 10.6. The van der Waals surface area contributed by atoms with Gasteiger partial charge in [-0.1, -0.05) is 0 Å². The van der Waals surface area contributed by atoms with E-state index in [-0.39, 0.29) is 0 Å². The third-order valence-electron chi connectivity index (χ3n) is 3.11. The van der Waals surface area contributed by atoms with E-state index >= 15 is 0 Å². The van der Waals surface area contributed by atoms with Gasteiger partial charge in [0.25, 0.3) is 0 Å². The molecule has 0 amide bonds. The van der Waals surface area contributed by atoms with Gasteiger partial charge in [0.2, 0.25) is 0 Å². The Morgan fingerprint density at radius 3 is 3.05 bits per heavy atom. The fraction of sp³-hybridized carbons (Fsp3) is 0.429. The maximum Gasteiger partial charge on any atom is 0.328 e. The van der Waals surface area contributed by atoms with Gasteiger partial charge in [0.1, 0.15) is 0 Å². The van der Waals surface area contributed by atoms with Crippen molar-refractivity contribution < 1.29 is 9.90 Å². The molecule has 1 aliphatic rings. The minimum Gasteiger partial charge on any atom is -0.478 e. The van der Waals surface area contributed by atoms with E-state index in [9.17, 15) is 4.79 Å². The number of carbonyl (C=O) groups is 1. The monoisotopic (exact) mass is 276 g/mol. The van der Waals surface area contributed by atoms with Crippen LogP contribution in [-0.2, 0) is 11.3 Å². The molecular formula is C14H16N2O2S. The molecule has 0 unspecified atom stereocenters. The number of hydrogen-bond donors (Lipinski definition) is 1. The SMILES string of the molecule is N#CCCN(Cc1sccc1C=CC(=O)O)C1CC1. The van der Waals surface area contributed by atoms with Crippen LogP contribution in [0.25, 0.3) is 6.08 Å². The van der Waals surface area contributed by atoms with Gasteiger partial charge in [0.05, 0.1) is 6.07 Å². The van der Waals surface area contributed by atoms with Crippen LogP contribution in [-0.4, -0.2) is 28.6 Å². The largest absolute Gasteiger partial charge is 0.478 e. The quantitative estimate of drug-likeness (QED) is 0.778. The molecule has 1 heterocycles. The Morgan fingerprint density at radius 1 is 1.63 bits per heavy atom. The van der Waals surface area contributed by atoms with Gasteiger partial charge in [-0.05, 0) is 35.9 Å². The Balaban J connectivity index is 2.02. The van der Waals surface area contributed by atoms with Crippen molar-refractivity contribution in [3.8, 4) is 6.07 Å². The summed E-state index contributed by atoms with van der Waals surface area (Å²) in [5, 5.41) is 19.3. The zero-order chi connectivity index (χ0) is 13.7. The van der Waals surface area contributed by atoms with Crippen LogP contribution in [0.1, 0.15) is 29.7 Å². The normalized spacial score (nSPS) is 14.9. The molecule has 1 saturated carbocycles. The molecule has 19 heavy (non-hydrogen) atoms. The van der Waals surface area contributed by atoms with Gasteiger partial charge in [-0.2, -0.15) is 5.26 Å². The molecule has 0 radical (unpaired) electrons. The number of thiophene rings is 1. The summed E-state index contributed by atoms with van der Waals surface area (Å²) in [6, 6.07) is 4.73. The molecule has 5 heteroatoms. The van der Waals surface area contributed by atoms with Crippen molar-refractivity contribution in [1.82, 2.24) is 4.90 Å². The standard InChI is InChI=1S/C14H16N2O2S/c15-7-1-8-16(12-3-4-12)10-13-11(6-9-19-13)2-5-14(17)18/h2,5-6,9,12H,1,3-4,8,10H2,(H,17,18). The molecular weight excluding hydrogens is 260 g/mol. The van der Waals surface area contributed by atoms with E-state index in [1.807, 2.05) is 11.4 Å². The summed E-state index contributed by atoms with van der Waals surface area (Å²) in [4.78, 5) is 14.1. The molecule has 100 valence electrons. The van der Waals surface area contributed by atoms with Crippen molar-refractivity contribution in [2.24, 2.45) is 0 Å². The maximum atomic E-state index is 10.6. The molecule has 1 N–H and O–H groups in total. The first kappa shape index (κ1) is 13.8. The molecule has 0 saturated heterocycles. The van der Waals surface area contributed by atoms with Crippen molar-refractivity contribution in [1.29, 1.82) is 5.26 Å². The van der Waals surface area contributed by atoms with Crippen molar-refractivity contribution in [3.63, 3.8) is 0 Å². The number of hydrogen-bond acceptors (Lipinski definition) is 4. The van der Waals surface area contributed by atoms with E-state index in [0.717, 1.165) is 18.7 Å². The molecule has 1 aromatic heterocycles. The number of nitriles is 1. The summed E-state index contributed by atoms with van der Waals surface area (Å²) in [5.74, 6) is -0.930. The average Bonchev–Trinajstić information content (AvgIpc) is 3.13. The third-order valence-corrected chi connectivity index (χ3v) is 4.03. The van der Waals surface area contributed by atoms with Crippen LogP contribution in [0, 0.1) is 11.3 Å². The van der Waals surface area contributed by atoms with Crippen LogP contribution in [0.2, 0.25) is 0 Å². The highest BCUT2D eigenvalue weighted by molar-refractivity contribution is 7.10. The Bertz CT molecular complexity index is 512. The Morgan fingerprint density at radius 2 is 2.42 bits per heavy atom. The first-order valence-corrected chi connectivity index (χ1v) is 7.17. The van der Waals surface area contributed by atoms with E-state index in [2.05, 4.69) is 11.0 Å². The highest BCUT2D eigenvalue weighted by Gasteiger charge is 2.29. The number of aliphatic carboxylic acids is 1. The average molecular weight is 276 g/mol. The van der Waals surface area contributed by atoms with Gasteiger partial charge in [0.15, 0.2) is 0 Å². The van der Waals surface area contributed by atoms with Crippen LogP contribution < -0.4 is 0 Å². The lowest BCUT2D eigenvalue weighted by molar-refractivity contribution is -0.131. The van der Waals surface area contributed by atoms with Gasteiger partial charge >= 0.3 is 5.97 Å². The Labute approximate surface area is 116 Å². The van der Waals surface area contributed by atoms with E-state index < -0.39 is 5.97 Å². The van der Waals surface area contributed by atoms with Crippen LogP contribution in [0.5, 0.6) is 0 Å². The Kier molecular flexibility index (Phi) is 4.72. The Hall–Kier alpha value is -1.64. The number of carboxylic acid groups (broad SMARTS) is 1. The molecule has 0 aliphatic heterocycles. The third kappa shape index (κ3) is 4.19. The summed E-state index contributed by atoms with van der Waals surface area (Å²) in [6.07, 6.45) is 5.77. The second-order valence-electron chi connectivity index (χ2n) is 4.58. The zero-order valence-corrected chi connectivity index (χ0v) is 11.4. The molecule has 1 aliphatic carbocycles. The summed E-state index contributed by atoms with van der Waals surface area (Å²) >= 11 is 1.64. The van der Waals surface area contributed by atoms with Crippen molar-refractivity contribution in [2.45, 2.75) is 31.8 Å². The molecule has 0 atom stereocenters. The highest BCUT2D eigenvalue weighted by Crippen LogP contribution is 2.30. The minimum atomic E-state index is -0.930. The lowest BCUT2D eigenvalue weighted by atomic mass is 10.2. The summed E-state index contributed by atoms with van der Waals surface area (Å²) in [6.45, 7) is 1.60. The molecule has 1 fully saturated rings. The molecule has 2 rings (SSSR count). The highest BCUT2D eigenvalue weighted by atomic mass is 32.1. The van der Waals surface area contributed by atoms with Gasteiger partial charge < -0.3 is 5.11 Å². The topological polar surface area (TPSA) is 64.3 Å². The minimum absolute atomic E-state index is 0.544. The number of nitrogens with zero attached hydrogens (tertiary/aromatic N) is 2. The van der Waals surface area contributed by atoms with E-state index in [1.54, 1.807) is 17.4 Å². The van der Waals surface area contributed by atoms with Gasteiger partial charge in [-0.15, -0.1) is 11.3 Å². The van der Waals surface area contributed by atoms with Gasteiger partial charge in [0, 0.05) is 36.5 Å². The van der Waals surface area contributed by atoms with E-state index in [4.69, 9.17) is 10.4 Å². The van der Waals surface area contributed by atoms with Crippen molar-refractivity contribution >= 4 is 23.4 Å². The predicted molar refractivity (Wildman–Crippen MR) is 74.7 cm³/mol. The maximum absolute atomic E-state index is 10.6.